The molecule has 1 aliphatic carbocycles. The summed E-state index contributed by atoms with van der Waals surface area (Å²) in [6.07, 6.45) is 2.55. The van der Waals surface area contributed by atoms with Gasteiger partial charge in [-0.15, -0.1) is 0 Å². The number of aryl methyl sites for hydroxylation is 1. The molecule has 3 aromatic rings. The lowest BCUT2D eigenvalue weighted by Crippen LogP contribution is -2.04. The van der Waals surface area contributed by atoms with Crippen LogP contribution in [0.2, 0.25) is 0 Å². The molecule has 2 aromatic carbocycles. The van der Waals surface area contributed by atoms with Crippen molar-refractivity contribution >= 4 is 22.9 Å². The third kappa shape index (κ3) is 3.07. The summed E-state index contributed by atoms with van der Waals surface area (Å²) >= 11 is 1.69. The van der Waals surface area contributed by atoms with E-state index >= 15 is 0 Å². The number of benzene rings is 2. The highest BCUT2D eigenvalue weighted by Gasteiger charge is 2.21. The minimum absolute atomic E-state index is 0.669. The molecule has 0 radical (unpaired) electrons. The van der Waals surface area contributed by atoms with Crippen LogP contribution in [0, 0.1) is 11.3 Å². The van der Waals surface area contributed by atoms with E-state index in [-0.39, 0.29) is 0 Å². The number of hydrogen-bond acceptors (Lipinski definition) is 4. The summed E-state index contributed by atoms with van der Waals surface area (Å²) < 4.78 is 11.0. The van der Waals surface area contributed by atoms with Crippen molar-refractivity contribution in [2.24, 2.45) is 0 Å². The number of nitriles is 1. The highest BCUT2D eigenvalue weighted by atomic mass is 32.2. The van der Waals surface area contributed by atoms with Crippen LogP contribution in [-0.2, 0) is 6.54 Å². The zero-order valence-electron chi connectivity index (χ0n) is 15.0. The molecule has 4 nitrogen and oxygen atoms in total. The van der Waals surface area contributed by atoms with Crippen LogP contribution in [-0.4, -0.2) is 17.7 Å². The van der Waals surface area contributed by atoms with E-state index in [0.29, 0.717) is 6.04 Å². The maximum atomic E-state index is 9.81. The number of nitrogens with one attached hydrogen (secondary N) is 1. The van der Waals surface area contributed by atoms with Crippen molar-refractivity contribution in [3.8, 4) is 23.1 Å². The first-order valence-electron chi connectivity index (χ1n) is 8.88. The van der Waals surface area contributed by atoms with E-state index in [2.05, 4.69) is 46.5 Å². The molecule has 0 amide bonds. The highest BCUT2D eigenvalue weighted by molar-refractivity contribution is 7.97. The van der Waals surface area contributed by atoms with Crippen LogP contribution in [0.1, 0.15) is 25.3 Å². The van der Waals surface area contributed by atoms with E-state index in [1.165, 1.54) is 17.7 Å². The Morgan fingerprint density at radius 2 is 2.00 bits per heavy atom. The van der Waals surface area contributed by atoms with Gasteiger partial charge in [0.1, 0.15) is 11.8 Å². The summed E-state index contributed by atoms with van der Waals surface area (Å²) in [5.41, 5.74) is 3.80. The minimum Gasteiger partial charge on any atom is -0.497 e. The van der Waals surface area contributed by atoms with Gasteiger partial charge in [-0.2, -0.15) is 5.26 Å². The van der Waals surface area contributed by atoms with Gasteiger partial charge in [0.2, 0.25) is 0 Å². The van der Waals surface area contributed by atoms with Crippen LogP contribution in [0.15, 0.2) is 47.4 Å². The van der Waals surface area contributed by atoms with E-state index in [1.807, 2.05) is 18.2 Å². The van der Waals surface area contributed by atoms with Gasteiger partial charge in [-0.05, 0) is 61.5 Å². The van der Waals surface area contributed by atoms with Crippen LogP contribution in [0.25, 0.3) is 22.2 Å². The van der Waals surface area contributed by atoms with Gasteiger partial charge in [-0.1, -0.05) is 12.1 Å². The fraction of sp³-hybridized carbons (Fsp3) is 0.286. The van der Waals surface area contributed by atoms with Crippen molar-refractivity contribution < 1.29 is 4.74 Å². The van der Waals surface area contributed by atoms with Crippen molar-refractivity contribution in [2.75, 3.05) is 7.11 Å². The largest absolute Gasteiger partial charge is 0.497 e. The van der Waals surface area contributed by atoms with Gasteiger partial charge in [-0.3, -0.25) is 4.72 Å². The van der Waals surface area contributed by atoms with Gasteiger partial charge < -0.3 is 9.30 Å². The molecule has 1 aliphatic rings. The van der Waals surface area contributed by atoms with Gasteiger partial charge >= 0.3 is 0 Å². The smallest absolute Gasteiger partial charge is 0.120 e. The Kier molecular flexibility index (Phi) is 4.62. The minimum atomic E-state index is 0.669. The topological polar surface area (TPSA) is 50.0 Å². The molecule has 0 aliphatic heterocycles. The first kappa shape index (κ1) is 17.0. The van der Waals surface area contributed by atoms with Crippen LogP contribution in [0.3, 0.4) is 0 Å². The van der Waals surface area contributed by atoms with E-state index < -0.39 is 0 Å². The maximum Gasteiger partial charge on any atom is 0.120 e. The summed E-state index contributed by atoms with van der Waals surface area (Å²) in [5, 5.41) is 10.8. The first-order chi connectivity index (χ1) is 12.7. The van der Waals surface area contributed by atoms with Crippen LogP contribution < -0.4 is 9.46 Å². The summed E-state index contributed by atoms with van der Waals surface area (Å²) in [6, 6.07) is 17.4. The Morgan fingerprint density at radius 3 is 2.62 bits per heavy atom. The molecule has 0 bridgehead atoms. The number of fused-ring (bicyclic) bond motifs is 1. The van der Waals surface area contributed by atoms with Gasteiger partial charge in [0.05, 0.1) is 23.9 Å². The molecule has 1 N–H and O–H groups in total. The molecule has 0 spiro atoms. The fourth-order valence-corrected chi connectivity index (χ4v) is 4.04. The number of hydrogen-bond donors (Lipinski definition) is 1. The van der Waals surface area contributed by atoms with Crippen molar-refractivity contribution in [1.82, 2.24) is 9.29 Å². The number of ether oxygens (including phenoxy) is 1. The second-order valence-electron chi connectivity index (χ2n) is 6.48. The summed E-state index contributed by atoms with van der Waals surface area (Å²) in [5.74, 6) is 0.804. The second-order valence-corrected chi connectivity index (χ2v) is 7.39. The normalized spacial score (nSPS) is 13.7. The van der Waals surface area contributed by atoms with Crippen molar-refractivity contribution in [2.45, 2.75) is 37.2 Å². The lowest BCUT2D eigenvalue weighted by Gasteiger charge is -2.10. The highest BCUT2D eigenvalue weighted by Crippen LogP contribution is 2.36. The summed E-state index contributed by atoms with van der Waals surface area (Å²) in [6.45, 7) is 2.90. The number of methoxy groups -OCH3 is 1. The van der Waals surface area contributed by atoms with E-state index in [9.17, 15) is 5.26 Å². The Bertz CT molecular complexity index is 981. The van der Waals surface area contributed by atoms with E-state index in [0.717, 1.165) is 40.0 Å². The molecule has 0 atom stereocenters. The zero-order valence-corrected chi connectivity index (χ0v) is 15.8. The van der Waals surface area contributed by atoms with E-state index in [4.69, 9.17) is 4.74 Å². The molecule has 1 heterocycles. The van der Waals surface area contributed by atoms with Crippen LogP contribution >= 0.6 is 11.9 Å². The Balaban J connectivity index is 1.78. The Morgan fingerprint density at radius 1 is 1.23 bits per heavy atom. The van der Waals surface area contributed by atoms with Gasteiger partial charge in [0, 0.05) is 28.9 Å². The molecule has 0 unspecified atom stereocenters. The van der Waals surface area contributed by atoms with Crippen molar-refractivity contribution in [1.29, 1.82) is 5.26 Å². The molecule has 1 aromatic heterocycles. The maximum absolute atomic E-state index is 9.81. The molecular weight excluding hydrogens is 342 g/mol. The van der Waals surface area contributed by atoms with Crippen molar-refractivity contribution in [3.63, 3.8) is 0 Å². The first-order valence-corrected chi connectivity index (χ1v) is 9.70. The monoisotopic (exact) mass is 363 g/mol. The van der Waals surface area contributed by atoms with Crippen LogP contribution in [0.4, 0.5) is 0 Å². The number of aromatic nitrogens is 1. The Labute approximate surface area is 157 Å². The predicted octanol–water partition coefficient (Wildman–Crippen LogP) is 4.97. The Hall–Kier alpha value is -2.42. The lowest BCUT2D eigenvalue weighted by molar-refractivity contribution is 0.415. The molecule has 26 heavy (non-hydrogen) atoms. The fourth-order valence-electron chi connectivity index (χ4n) is 3.23. The predicted molar refractivity (Wildman–Crippen MR) is 106 cm³/mol. The van der Waals surface area contributed by atoms with Crippen molar-refractivity contribution in [3.05, 3.63) is 48.0 Å². The average Bonchev–Trinajstić information content (AvgIpc) is 3.46. The molecule has 5 heteroatoms. The third-order valence-electron chi connectivity index (χ3n) is 4.75. The SMILES string of the molecule is CCn1c(-c2ccc(SNC3CC3)cc2)c(C#N)c2ccc(OC)cc21. The molecule has 1 fully saturated rings. The molecule has 1 saturated carbocycles. The number of nitrogens with zero attached hydrogens (tertiary/aromatic N) is 2. The summed E-state index contributed by atoms with van der Waals surface area (Å²) in [4.78, 5) is 1.19. The second kappa shape index (κ2) is 7.06. The van der Waals surface area contributed by atoms with E-state index in [1.54, 1.807) is 19.1 Å². The molecule has 0 saturated heterocycles. The molecular formula is C21H21N3OS. The molecule has 4 rings (SSSR count). The third-order valence-corrected chi connectivity index (χ3v) is 5.71. The lowest BCUT2D eigenvalue weighted by atomic mass is 10.1. The molecule has 132 valence electrons. The standard InChI is InChI=1S/C21H21N3OS/c1-3-24-20-12-16(25-2)8-11-18(20)19(13-22)21(24)14-4-9-17(10-5-14)26-23-15-6-7-15/h4-5,8-12,15,23H,3,6-7H2,1-2H3. The van der Waals surface area contributed by atoms with Gasteiger partial charge in [0.15, 0.2) is 0 Å². The number of rotatable bonds is 6. The van der Waals surface area contributed by atoms with Crippen LogP contribution in [0.5, 0.6) is 5.75 Å². The quantitative estimate of drug-likeness (QED) is 0.628. The average molecular weight is 363 g/mol. The summed E-state index contributed by atoms with van der Waals surface area (Å²) in [7, 11) is 1.67. The van der Waals surface area contributed by atoms with Gasteiger partial charge in [0.25, 0.3) is 0 Å². The van der Waals surface area contributed by atoms with Gasteiger partial charge in [-0.25, -0.2) is 0 Å². The zero-order chi connectivity index (χ0) is 18.1.